The largest absolute Gasteiger partial charge is 0.462 e. The number of rotatable bonds is 50. The second-order valence-corrected chi connectivity index (χ2v) is 18.5. The molecule has 0 saturated carbocycles. The van der Waals surface area contributed by atoms with Crippen molar-refractivity contribution in [2.24, 2.45) is 0 Å². The lowest BCUT2D eigenvalue weighted by molar-refractivity contribution is -0.167. The molecule has 0 aromatic heterocycles. The van der Waals surface area contributed by atoms with E-state index < -0.39 is 6.10 Å². The third-order valence-corrected chi connectivity index (χ3v) is 11.9. The Hall–Kier alpha value is -3.93. The minimum absolute atomic E-state index is 0.108. The van der Waals surface area contributed by atoms with Gasteiger partial charge in [-0.05, 0) is 83.5 Å². The maximum Gasteiger partial charge on any atom is 0.306 e. The van der Waals surface area contributed by atoms with Gasteiger partial charge in [-0.2, -0.15) is 0 Å². The topological polar surface area (TPSA) is 78.9 Å². The lowest BCUT2D eigenvalue weighted by Crippen LogP contribution is -2.30. The van der Waals surface area contributed by atoms with Crippen molar-refractivity contribution >= 4 is 17.9 Å². The molecule has 0 bridgehead atoms. The summed E-state index contributed by atoms with van der Waals surface area (Å²) in [6.07, 6.45) is 76.6. The molecular weight excluding hydrogens is 853 g/mol. The molecule has 0 aromatic rings. The first kappa shape index (κ1) is 65.1. The van der Waals surface area contributed by atoms with Gasteiger partial charge in [-0.15, -0.1) is 0 Å². The van der Waals surface area contributed by atoms with Crippen LogP contribution in [0.25, 0.3) is 0 Å². The lowest BCUT2D eigenvalue weighted by atomic mass is 10.0. The Bertz CT molecular complexity index is 1420. The third-order valence-electron chi connectivity index (χ3n) is 11.9. The van der Waals surface area contributed by atoms with E-state index in [1.807, 2.05) is 36.5 Å². The summed E-state index contributed by atoms with van der Waals surface area (Å²) in [6.45, 7) is 6.33. The summed E-state index contributed by atoms with van der Waals surface area (Å²) in [4.78, 5) is 38.1. The number of esters is 3. The van der Waals surface area contributed by atoms with Gasteiger partial charge in [-0.1, -0.05) is 259 Å². The second-order valence-electron chi connectivity index (χ2n) is 18.5. The quantitative estimate of drug-likeness (QED) is 0.0199. The van der Waals surface area contributed by atoms with E-state index in [1.165, 1.54) is 103 Å². The molecule has 0 saturated heterocycles. The standard InChI is InChI=1S/C63H104O6/c1-4-7-10-13-16-19-22-25-27-29-31-33-35-38-41-44-47-50-53-56-62(65)68-59-60(58-67-61(64)55-52-49-46-43-40-37-24-21-18-15-12-9-6-3)69-63(66)57-54-51-48-45-42-39-36-34-32-30-28-26-23-20-17-14-11-8-5-2/h7,9-10,12,15-16,18-19,21,24-25,27,31,33,37-38,40-41,60H,4-6,8,11,13-14,17,20,22-23,26,28-30,32,34-36,39,42-59H2,1-3H3/b10-7+,12-9+,18-15+,19-16+,24-21+,27-25+,33-31+,40-37+,41-38+. The number of allylic oxidation sites excluding steroid dienone is 18. The van der Waals surface area contributed by atoms with Crippen molar-refractivity contribution in [3.63, 3.8) is 0 Å². The molecule has 1 unspecified atom stereocenters. The molecule has 0 aliphatic heterocycles. The molecule has 0 N–H and O–H groups in total. The monoisotopic (exact) mass is 957 g/mol. The van der Waals surface area contributed by atoms with E-state index >= 15 is 0 Å². The second kappa shape index (κ2) is 56.7. The molecule has 0 radical (unpaired) electrons. The van der Waals surface area contributed by atoms with E-state index in [9.17, 15) is 14.4 Å². The highest BCUT2D eigenvalue weighted by Gasteiger charge is 2.19. The van der Waals surface area contributed by atoms with Crippen molar-refractivity contribution < 1.29 is 28.6 Å². The molecule has 1 atom stereocenters. The SMILES string of the molecule is CC/C=C/C=C/C=C/C=C/CCCCCC(=O)OCC(COC(=O)CCCCC/C=C/C/C=C/C/C=C/C/C=C/C/C=C/CC)OC(=O)CCCCCCCCCCCCCCCCCCCCC. The summed E-state index contributed by atoms with van der Waals surface area (Å²) in [5.74, 6) is -0.973. The van der Waals surface area contributed by atoms with Crippen molar-refractivity contribution in [3.8, 4) is 0 Å². The summed E-state index contributed by atoms with van der Waals surface area (Å²) in [7, 11) is 0. The number of carbonyl (C=O) groups is 3. The average molecular weight is 958 g/mol. The number of ether oxygens (including phenoxy) is 3. The molecule has 0 amide bonds. The molecule has 6 heteroatoms. The van der Waals surface area contributed by atoms with Crippen LogP contribution >= 0.6 is 0 Å². The zero-order valence-corrected chi connectivity index (χ0v) is 44.8. The Kier molecular flexibility index (Phi) is 53.4. The van der Waals surface area contributed by atoms with Gasteiger partial charge in [0, 0.05) is 19.3 Å². The predicted molar refractivity (Wildman–Crippen MR) is 297 cm³/mol. The molecule has 0 rings (SSSR count). The van der Waals surface area contributed by atoms with Crippen LogP contribution in [-0.2, 0) is 28.6 Å². The zero-order valence-electron chi connectivity index (χ0n) is 44.8. The minimum atomic E-state index is -0.809. The highest BCUT2D eigenvalue weighted by atomic mass is 16.6. The van der Waals surface area contributed by atoms with E-state index in [4.69, 9.17) is 14.2 Å². The van der Waals surface area contributed by atoms with Crippen LogP contribution in [-0.4, -0.2) is 37.2 Å². The molecule has 0 aliphatic rings. The van der Waals surface area contributed by atoms with Crippen molar-refractivity contribution in [3.05, 3.63) is 109 Å². The Labute approximate surface area is 425 Å². The van der Waals surface area contributed by atoms with Crippen LogP contribution in [0.2, 0.25) is 0 Å². The predicted octanol–water partition coefficient (Wildman–Crippen LogP) is 19.1. The molecule has 0 aliphatic carbocycles. The summed E-state index contributed by atoms with van der Waals surface area (Å²) >= 11 is 0. The van der Waals surface area contributed by atoms with E-state index in [-0.39, 0.29) is 31.1 Å². The Morgan fingerprint density at radius 1 is 0.319 bits per heavy atom. The fourth-order valence-electron chi connectivity index (χ4n) is 7.66. The maximum absolute atomic E-state index is 12.9. The molecule has 0 fully saturated rings. The lowest BCUT2D eigenvalue weighted by Gasteiger charge is -2.18. The van der Waals surface area contributed by atoms with Gasteiger partial charge < -0.3 is 14.2 Å². The molecule has 6 nitrogen and oxygen atoms in total. The van der Waals surface area contributed by atoms with Gasteiger partial charge in [-0.3, -0.25) is 14.4 Å². The van der Waals surface area contributed by atoms with Gasteiger partial charge in [0.2, 0.25) is 0 Å². The molecular formula is C63H104O6. The van der Waals surface area contributed by atoms with Crippen LogP contribution in [0.3, 0.4) is 0 Å². The van der Waals surface area contributed by atoms with E-state index in [2.05, 4.69) is 93.7 Å². The van der Waals surface area contributed by atoms with Crippen LogP contribution in [0.15, 0.2) is 109 Å². The normalized spacial score (nSPS) is 12.9. The first-order valence-electron chi connectivity index (χ1n) is 28.4. The number of hydrogen-bond donors (Lipinski definition) is 0. The van der Waals surface area contributed by atoms with E-state index in [0.717, 1.165) is 109 Å². The van der Waals surface area contributed by atoms with Crippen molar-refractivity contribution in [1.29, 1.82) is 0 Å². The molecule has 392 valence electrons. The first-order valence-corrected chi connectivity index (χ1v) is 28.4. The maximum atomic E-state index is 12.9. The smallest absolute Gasteiger partial charge is 0.306 e. The van der Waals surface area contributed by atoms with E-state index in [1.54, 1.807) is 0 Å². The molecule has 69 heavy (non-hydrogen) atoms. The van der Waals surface area contributed by atoms with Crippen molar-refractivity contribution in [2.75, 3.05) is 13.2 Å². The van der Waals surface area contributed by atoms with Gasteiger partial charge in [0.15, 0.2) is 6.10 Å². The fraction of sp³-hybridized carbons (Fsp3) is 0.667. The van der Waals surface area contributed by atoms with Crippen LogP contribution < -0.4 is 0 Å². The van der Waals surface area contributed by atoms with Crippen LogP contribution in [0.1, 0.15) is 252 Å². The van der Waals surface area contributed by atoms with Crippen molar-refractivity contribution in [1.82, 2.24) is 0 Å². The van der Waals surface area contributed by atoms with Gasteiger partial charge in [0.1, 0.15) is 13.2 Å². The average Bonchev–Trinajstić information content (AvgIpc) is 3.35. The first-order chi connectivity index (χ1) is 34.0. The van der Waals surface area contributed by atoms with Gasteiger partial charge >= 0.3 is 17.9 Å². The molecule has 0 heterocycles. The van der Waals surface area contributed by atoms with Gasteiger partial charge in [-0.25, -0.2) is 0 Å². The number of unbranched alkanes of at least 4 members (excludes halogenated alkanes) is 24. The van der Waals surface area contributed by atoms with Crippen LogP contribution in [0, 0.1) is 0 Å². The Morgan fingerprint density at radius 2 is 0.638 bits per heavy atom. The van der Waals surface area contributed by atoms with Gasteiger partial charge in [0.05, 0.1) is 0 Å². The van der Waals surface area contributed by atoms with Gasteiger partial charge in [0.25, 0.3) is 0 Å². The number of hydrogen-bond acceptors (Lipinski definition) is 6. The zero-order chi connectivity index (χ0) is 50.0. The highest BCUT2D eigenvalue weighted by Crippen LogP contribution is 2.16. The Morgan fingerprint density at radius 3 is 1.06 bits per heavy atom. The summed E-state index contributed by atoms with van der Waals surface area (Å²) in [5, 5.41) is 0. The number of carbonyl (C=O) groups excluding carboxylic acids is 3. The van der Waals surface area contributed by atoms with Crippen molar-refractivity contribution in [2.45, 2.75) is 258 Å². The van der Waals surface area contributed by atoms with E-state index in [0.29, 0.717) is 19.3 Å². The highest BCUT2D eigenvalue weighted by molar-refractivity contribution is 5.71. The molecule has 0 aromatic carbocycles. The summed E-state index contributed by atoms with van der Waals surface area (Å²) in [5.41, 5.74) is 0. The molecule has 0 spiro atoms. The summed E-state index contributed by atoms with van der Waals surface area (Å²) < 4.78 is 16.8. The fourth-order valence-corrected chi connectivity index (χ4v) is 7.66. The third kappa shape index (κ3) is 54.9. The Balaban J connectivity index is 4.46. The minimum Gasteiger partial charge on any atom is -0.462 e. The van der Waals surface area contributed by atoms with Crippen LogP contribution in [0.4, 0.5) is 0 Å². The van der Waals surface area contributed by atoms with Crippen LogP contribution in [0.5, 0.6) is 0 Å². The summed E-state index contributed by atoms with van der Waals surface area (Å²) in [6, 6.07) is 0.